The van der Waals surface area contributed by atoms with E-state index >= 15 is 0 Å². The Morgan fingerprint density at radius 2 is 1.94 bits per heavy atom. The van der Waals surface area contributed by atoms with E-state index in [-0.39, 0.29) is 6.61 Å². The highest BCUT2D eigenvalue weighted by Gasteiger charge is 2.24. The van der Waals surface area contributed by atoms with Crippen LogP contribution in [0.1, 0.15) is 28.2 Å². The number of aromatic nitrogens is 2. The van der Waals surface area contributed by atoms with Gasteiger partial charge in [0, 0.05) is 25.2 Å². The molecule has 2 aromatic carbocycles. The number of amides is 2. The van der Waals surface area contributed by atoms with E-state index < -0.39 is 11.9 Å². The van der Waals surface area contributed by atoms with E-state index in [0.29, 0.717) is 28.6 Å². The maximum absolute atomic E-state index is 14.3. The van der Waals surface area contributed by atoms with Crippen molar-refractivity contribution in [3.05, 3.63) is 58.7 Å². The van der Waals surface area contributed by atoms with E-state index in [0.717, 1.165) is 32.3 Å². The Labute approximate surface area is 200 Å². The molecule has 2 atom stereocenters. The number of nitrogens with zero attached hydrogens (tertiary/aromatic N) is 4. The summed E-state index contributed by atoms with van der Waals surface area (Å²) in [5.41, 5.74) is 4.61. The number of benzene rings is 2. The largest absolute Gasteiger partial charge is 0.489 e. The molecule has 3 aromatic rings. The Bertz CT molecular complexity index is 1200. The maximum Gasteiger partial charge on any atom is 0.352 e. The monoisotopic (exact) mass is 488 g/mol. The zero-order valence-corrected chi connectivity index (χ0v) is 21.0. The third kappa shape index (κ3) is 4.99. The Morgan fingerprint density at radius 1 is 1.24 bits per heavy atom. The highest BCUT2D eigenvalue weighted by atomic mass is 31.0. The first kappa shape index (κ1) is 25.4. The number of urea groups is 1. The summed E-state index contributed by atoms with van der Waals surface area (Å²) in [6.07, 6.45) is 0. The lowest BCUT2D eigenvalue weighted by atomic mass is 10.0. The van der Waals surface area contributed by atoms with Crippen LogP contribution in [0.3, 0.4) is 0 Å². The number of nitrogens with two attached hydrogens (primary N) is 2. The Balaban J connectivity index is 1.89. The van der Waals surface area contributed by atoms with Crippen LogP contribution in [-0.4, -0.2) is 35.0 Å². The number of alkyl halides is 1. The number of hydrogen-bond donors (Lipinski definition) is 2. The zero-order chi connectivity index (χ0) is 25.2. The van der Waals surface area contributed by atoms with Crippen molar-refractivity contribution in [2.45, 2.75) is 26.4 Å². The molecule has 1 heterocycles. The first-order valence-electron chi connectivity index (χ1n) is 10.5. The summed E-state index contributed by atoms with van der Waals surface area (Å²) in [6.45, 7) is 3.99. The van der Waals surface area contributed by atoms with E-state index in [9.17, 15) is 9.18 Å². The lowest BCUT2D eigenvalue weighted by Crippen LogP contribution is -2.49. The number of rotatable bonds is 7. The minimum atomic E-state index is -1.33. The van der Waals surface area contributed by atoms with Crippen molar-refractivity contribution in [2.24, 2.45) is 18.7 Å². The van der Waals surface area contributed by atoms with Gasteiger partial charge in [-0.3, -0.25) is 5.01 Å². The number of carbonyl (C=O) groups is 1. The van der Waals surface area contributed by atoms with Gasteiger partial charge in [-0.15, -0.1) is 0 Å². The van der Waals surface area contributed by atoms with Crippen molar-refractivity contribution in [3.63, 3.8) is 0 Å². The van der Waals surface area contributed by atoms with Gasteiger partial charge >= 0.3 is 6.03 Å². The summed E-state index contributed by atoms with van der Waals surface area (Å²) in [6, 6.07) is 10.4. The lowest BCUT2D eigenvalue weighted by Gasteiger charge is -2.24. The molecule has 2 amide bonds. The van der Waals surface area contributed by atoms with Gasteiger partial charge in [0.25, 0.3) is 0 Å². The van der Waals surface area contributed by atoms with Crippen molar-refractivity contribution in [2.75, 3.05) is 19.2 Å². The average molecular weight is 489 g/mol. The van der Waals surface area contributed by atoms with E-state index in [1.165, 1.54) is 18.8 Å². The third-order valence-electron chi connectivity index (χ3n) is 5.47. The molecule has 0 aliphatic heterocycles. The van der Waals surface area contributed by atoms with Gasteiger partial charge in [0.15, 0.2) is 0 Å². The van der Waals surface area contributed by atoms with Crippen LogP contribution in [0.25, 0.3) is 11.3 Å². The van der Waals surface area contributed by atoms with Gasteiger partial charge < -0.3 is 9.47 Å². The minimum Gasteiger partial charge on any atom is -0.489 e. The molecule has 0 spiro atoms. The molecule has 3 rings (SSSR count). The summed E-state index contributed by atoms with van der Waals surface area (Å²) in [5, 5.41) is 6.35. The molecule has 182 valence electrons. The number of halogens is 1. The normalized spacial score (nSPS) is 11.8. The van der Waals surface area contributed by atoms with E-state index in [4.69, 9.17) is 21.2 Å². The topological polar surface area (TPSA) is 112 Å². The van der Waals surface area contributed by atoms with Gasteiger partial charge in [-0.05, 0) is 49.2 Å². The third-order valence-corrected chi connectivity index (χ3v) is 5.81. The van der Waals surface area contributed by atoms with Crippen LogP contribution < -0.4 is 26.2 Å². The maximum atomic E-state index is 14.3. The number of aryl methyl sites for hydroxylation is 3. The molecule has 0 bridgehead atoms. The fraction of sp³-hybridized carbons (Fsp3) is 0.304. The van der Waals surface area contributed by atoms with Crippen molar-refractivity contribution in [1.82, 2.24) is 14.8 Å². The summed E-state index contributed by atoms with van der Waals surface area (Å²) < 4.78 is 27.3. The van der Waals surface area contributed by atoms with Gasteiger partial charge in [0.1, 0.15) is 24.0 Å². The van der Waals surface area contributed by atoms with Gasteiger partial charge in [-0.1, -0.05) is 21.4 Å². The second-order valence-electron chi connectivity index (χ2n) is 7.90. The van der Waals surface area contributed by atoms with Crippen LogP contribution in [-0.2, 0) is 13.7 Å². The summed E-state index contributed by atoms with van der Waals surface area (Å²) >= 11 is 0. The van der Waals surface area contributed by atoms with E-state index in [1.807, 2.05) is 38.1 Å². The predicted molar refractivity (Wildman–Crippen MR) is 133 cm³/mol. The van der Waals surface area contributed by atoms with Crippen molar-refractivity contribution >= 4 is 21.0 Å². The highest BCUT2D eigenvalue weighted by molar-refractivity contribution is 7.16. The molecule has 0 aliphatic rings. The average Bonchev–Trinajstić information content (AvgIpc) is 3.14. The Hall–Kier alpha value is -3.20. The number of methoxy groups -OCH3 is 1. The first-order valence-corrected chi connectivity index (χ1v) is 11.1. The number of carbonyl (C=O) groups excluding carboxylic acids is 1. The number of ether oxygens (including phenoxy) is 2. The molecule has 4 N–H and O–H groups in total. The van der Waals surface area contributed by atoms with Crippen molar-refractivity contribution in [3.8, 4) is 22.9 Å². The highest BCUT2D eigenvalue weighted by Crippen LogP contribution is 2.40. The quantitative estimate of drug-likeness (QED) is 0.227. The molecule has 0 aliphatic carbocycles. The lowest BCUT2D eigenvalue weighted by molar-refractivity contribution is 0.216. The molecule has 11 heteroatoms. The molecule has 34 heavy (non-hydrogen) atoms. The number of hydrazine groups is 2. The smallest absolute Gasteiger partial charge is 0.352 e. The number of anilines is 1. The van der Waals surface area contributed by atoms with Crippen LogP contribution in [0.2, 0.25) is 0 Å². The zero-order valence-electron chi connectivity index (χ0n) is 19.9. The molecule has 0 saturated heterocycles. The van der Waals surface area contributed by atoms with E-state index in [1.54, 1.807) is 19.2 Å². The molecule has 0 fully saturated rings. The Morgan fingerprint density at radius 3 is 2.53 bits per heavy atom. The standard InChI is InChI=1S/C23H30FN6O3P/c1-13-7-6-8-17(30(26)23(31)28(3)25)16(13)12-33-18-10-9-15(11-14(18)2)20-19(21(24)34)22(32-5)29(4)27-20/h6-11,21H,12,25-26,34H2,1-5H3. The molecule has 2 unspecified atom stereocenters. The molecule has 0 saturated carbocycles. The minimum absolute atomic E-state index is 0.179. The molecular formula is C23H30FN6O3P. The van der Waals surface area contributed by atoms with Crippen LogP contribution in [0, 0.1) is 13.8 Å². The van der Waals surface area contributed by atoms with E-state index in [2.05, 4.69) is 14.3 Å². The second kappa shape index (κ2) is 10.4. The fourth-order valence-corrected chi connectivity index (χ4v) is 4.01. The van der Waals surface area contributed by atoms with Crippen molar-refractivity contribution < 1.29 is 18.7 Å². The molecular weight excluding hydrogens is 458 g/mol. The van der Waals surface area contributed by atoms with Crippen molar-refractivity contribution in [1.29, 1.82) is 0 Å². The van der Waals surface area contributed by atoms with Gasteiger partial charge in [-0.2, -0.15) is 5.10 Å². The van der Waals surface area contributed by atoms with Gasteiger partial charge in [0.2, 0.25) is 5.88 Å². The van der Waals surface area contributed by atoms with Crippen LogP contribution >= 0.6 is 9.24 Å². The van der Waals surface area contributed by atoms with Gasteiger partial charge in [0.05, 0.1) is 18.4 Å². The van der Waals surface area contributed by atoms with Crippen LogP contribution in [0.4, 0.5) is 14.9 Å². The number of hydrogen-bond acceptors (Lipinski definition) is 6. The SMILES string of the molecule is COc1c(C(F)P)c(-c2ccc(OCc3c(C)cccc3N(N)C(=O)N(C)N)c(C)c2)nn1C. The molecule has 0 radical (unpaired) electrons. The van der Waals surface area contributed by atoms with Crippen LogP contribution in [0.5, 0.6) is 11.6 Å². The fourth-order valence-electron chi connectivity index (χ4n) is 3.71. The predicted octanol–water partition coefficient (Wildman–Crippen LogP) is 3.74. The molecule has 9 nitrogen and oxygen atoms in total. The summed E-state index contributed by atoms with van der Waals surface area (Å²) in [5.74, 6) is 11.2. The summed E-state index contributed by atoms with van der Waals surface area (Å²) in [7, 11) is 6.75. The molecule has 1 aromatic heterocycles. The van der Waals surface area contributed by atoms with Gasteiger partial charge in [-0.25, -0.2) is 30.6 Å². The van der Waals surface area contributed by atoms with Crippen LogP contribution in [0.15, 0.2) is 36.4 Å². The second-order valence-corrected chi connectivity index (χ2v) is 8.49. The first-order chi connectivity index (χ1) is 16.1. The summed E-state index contributed by atoms with van der Waals surface area (Å²) in [4.78, 5) is 12.2. The Kier molecular flexibility index (Phi) is 7.76.